The van der Waals surface area contributed by atoms with Gasteiger partial charge in [-0.15, -0.1) is 0 Å². The fourth-order valence-electron chi connectivity index (χ4n) is 3.95. The number of nitrogens with zero attached hydrogens (tertiary/aromatic N) is 2. The summed E-state index contributed by atoms with van der Waals surface area (Å²) in [7, 11) is 0. The highest BCUT2D eigenvalue weighted by Crippen LogP contribution is 2.29. The first-order valence-corrected chi connectivity index (χ1v) is 9.47. The van der Waals surface area contributed by atoms with Gasteiger partial charge in [0, 0.05) is 19.1 Å². The summed E-state index contributed by atoms with van der Waals surface area (Å²) in [6.07, 6.45) is 1.76. The van der Waals surface area contributed by atoms with Crippen LogP contribution in [0.5, 0.6) is 0 Å². The summed E-state index contributed by atoms with van der Waals surface area (Å²) in [5.41, 5.74) is 6.45. The first-order chi connectivity index (χ1) is 12.8. The number of benzene rings is 1. The van der Waals surface area contributed by atoms with Crippen molar-refractivity contribution >= 4 is 17.8 Å². The van der Waals surface area contributed by atoms with Crippen LogP contribution in [0, 0.1) is 12.8 Å². The Hall–Kier alpha value is -2.41. The molecule has 0 aliphatic carbocycles. The zero-order chi connectivity index (χ0) is 19.8. The quantitative estimate of drug-likeness (QED) is 0.780. The van der Waals surface area contributed by atoms with E-state index in [2.05, 4.69) is 12.2 Å². The fraction of sp³-hybridized carbons (Fsp3) is 0.550. The Morgan fingerprint density at radius 2 is 1.96 bits per heavy atom. The molecule has 3 rings (SSSR count). The number of aryl methyl sites for hydroxylation is 1. The molecular weight excluding hydrogens is 344 g/mol. The number of piperidine rings is 1. The smallest absolute Gasteiger partial charge is 0.325 e. The summed E-state index contributed by atoms with van der Waals surface area (Å²) in [4.78, 5) is 41.0. The molecule has 3 unspecified atom stereocenters. The van der Waals surface area contributed by atoms with Crippen LogP contribution in [-0.2, 0) is 15.1 Å². The first kappa shape index (κ1) is 19.4. The van der Waals surface area contributed by atoms with Gasteiger partial charge in [-0.05, 0) is 38.2 Å². The second-order valence-electron chi connectivity index (χ2n) is 7.92. The Balaban J connectivity index is 1.75. The predicted molar refractivity (Wildman–Crippen MR) is 102 cm³/mol. The molecule has 7 heteroatoms. The molecule has 2 heterocycles. The monoisotopic (exact) mass is 372 g/mol. The summed E-state index contributed by atoms with van der Waals surface area (Å²) in [6.45, 7) is 6.52. The summed E-state index contributed by atoms with van der Waals surface area (Å²) < 4.78 is 0. The van der Waals surface area contributed by atoms with E-state index in [9.17, 15) is 14.4 Å². The maximum Gasteiger partial charge on any atom is 0.325 e. The summed E-state index contributed by atoms with van der Waals surface area (Å²) in [5, 5.41) is 2.75. The molecule has 2 aliphatic rings. The largest absolute Gasteiger partial charge is 0.337 e. The molecule has 3 N–H and O–H groups in total. The number of amides is 4. The van der Waals surface area contributed by atoms with Crippen molar-refractivity contribution in [1.82, 2.24) is 15.1 Å². The molecule has 2 aliphatic heterocycles. The third-order valence-electron chi connectivity index (χ3n) is 5.77. The van der Waals surface area contributed by atoms with E-state index < -0.39 is 17.5 Å². The molecule has 27 heavy (non-hydrogen) atoms. The molecule has 2 saturated heterocycles. The second kappa shape index (κ2) is 7.31. The number of hydrogen-bond donors (Lipinski definition) is 2. The first-order valence-electron chi connectivity index (χ1n) is 9.47. The lowest BCUT2D eigenvalue weighted by Crippen LogP contribution is -2.53. The lowest BCUT2D eigenvalue weighted by atomic mass is 9.91. The van der Waals surface area contributed by atoms with Crippen LogP contribution in [0.2, 0.25) is 0 Å². The number of urea groups is 1. The summed E-state index contributed by atoms with van der Waals surface area (Å²) >= 11 is 0. The van der Waals surface area contributed by atoms with Crippen molar-refractivity contribution in [2.75, 3.05) is 19.6 Å². The van der Waals surface area contributed by atoms with E-state index in [1.165, 1.54) is 0 Å². The zero-order valence-electron chi connectivity index (χ0n) is 16.2. The Labute approximate surface area is 159 Å². The fourth-order valence-corrected chi connectivity index (χ4v) is 3.95. The van der Waals surface area contributed by atoms with Gasteiger partial charge in [-0.3, -0.25) is 14.5 Å². The van der Waals surface area contributed by atoms with Gasteiger partial charge >= 0.3 is 6.03 Å². The van der Waals surface area contributed by atoms with Gasteiger partial charge in [0.15, 0.2) is 0 Å². The van der Waals surface area contributed by atoms with Crippen LogP contribution in [0.15, 0.2) is 24.3 Å². The van der Waals surface area contributed by atoms with Gasteiger partial charge in [-0.2, -0.15) is 0 Å². The van der Waals surface area contributed by atoms with E-state index in [-0.39, 0.29) is 18.5 Å². The highest BCUT2D eigenvalue weighted by Gasteiger charge is 2.50. The number of likely N-dealkylation sites (tertiary alicyclic amines) is 1. The van der Waals surface area contributed by atoms with Gasteiger partial charge < -0.3 is 16.0 Å². The van der Waals surface area contributed by atoms with E-state index in [1.54, 1.807) is 11.8 Å². The number of hydrogen-bond acceptors (Lipinski definition) is 4. The molecule has 2 fully saturated rings. The molecule has 0 bridgehead atoms. The number of carbonyl (C=O) groups is 3. The molecule has 4 amide bonds. The second-order valence-corrected chi connectivity index (χ2v) is 7.92. The molecule has 146 valence electrons. The van der Waals surface area contributed by atoms with Crippen LogP contribution >= 0.6 is 0 Å². The SMILES string of the molecule is Cc1ccc(C2(C)NC(=O)N(CC(=O)N3CCC(C)CC3CN)C2=O)cc1. The highest BCUT2D eigenvalue weighted by atomic mass is 16.2. The Morgan fingerprint density at radius 1 is 1.30 bits per heavy atom. The maximum atomic E-state index is 13.0. The number of nitrogens with one attached hydrogen (secondary N) is 1. The van der Waals surface area contributed by atoms with Crippen molar-refractivity contribution in [3.63, 3.8) is 0 Å². The third-order valence-corrected chi connectivity index (χ3v) is 5.77. The normalized spacial score (nSPS) is 28.4. The number of carbonyl (C=O) groups excluding carboxylic acids is 3. The van der Waals surface area contributed by atoms with Gasteiger partial charge in [-0.25, -0.2) is 4.79 Å². The standard InChI is InChI=1S/C20H28N4O3/c1-13-4-6-15(7-5-13)20(3)18(26)24(19(27)22-20)12-17(25)23-9-8-14(2)10-16(23)11-21/h4-7,14,16H,8-12,21H2,1-3H3,(H,22,27). The van der Waals surface area contributed by atoms with Crippen LogP contribution in [0.25, 0.3) is 0 Å². The van der Waals surface area contributed by atoms with Crippen molar-refractivity contribution in [2.24, 2.45) is 11.7 Å². The van der Waals surface area contributed by atoms with E-state index in [1.807, 2.05) is 31.2 Å². The topological polar surface area (TPSA) is 95.7 Å². The van der Waals surface area contributed by atoms with E-state index in [4.69, 9.17) is 5.73 Å². The molecular formula is C20H28N4O3. The maximum absolute atomic E-state index is 13.0. The minimum Gasteiger partial charge on any atom is -0.337 e. The average Bonchev–Trinajstić information content (AvgIpc) is 2.86. The lowest BCUT2D eigenvalue weighted by molar-refractivity contribution is -0.141. The molecule has 3 atom stereocenters. The van der Waals surface area contributed by atoms with E-state index >= 15 is 0 Å². The summed E-state index contributed by atoms with van der Waals surface area (Å²) in [6, 6.07) is 6.88. The van der Waals surface area contributed by atoms with E-state index in [0.717, 1.165) is 23.3 Å². The van der Waals surface area contributed by atoms with Gasteiger partial charge in [-0.1, -0.05) is 36.8 Å². The van der Waals surface area contributed by atoms with Gasteiger partial charge in [0.05, 0.1) is 0 Å². The minimum atomic E-state index is -1.16. The Bertz CT molecular complexity index is 748. The number of nitrogens with two attached hydrogens (primary N) is 1. The third kappa shape index (κ3) is 3.56. The van der Waals surface area contributed by atoms with Crippen LogP contribution in [0.3, 0.4) is 0 Å². The van der Waals surface area contributed by atoms with E-state index in [0.29, 0.717) is 24.6 Å². The van der Waals surface area contributed by atoms with Crippen LogP contribution in [0.1, 0.15) is 37.8 Å². The van der Waals surface area contributed by atoms with Crippen molar-refractivity contribution in [3.05, 3.63) is 35.4 Å². The van der Waals surface area contributed by atoms with Crippen LogP contribution in [0.4, 0.5) is 4.79 Å². The van der Waals surface area contributed by atoms with Crippen molar-refractivity contribution in [1.29, 1.82) is 0 Å². The van der Waals surface area contributed by atoms with Crippen LogP contribution < -0.4 is 11.1 Å². The lowest BCUT2D eigenvalue weighted by Gasteiger charge is -2.38. The minimum absolute atomic E-state index is 0.0366. The Kier molecular flexibility index (Phi) is 5.24. The molecule has 0 saturated carbocycles. The average molecular weight is 372 g/mol. The Morgan fingerprint density at radius 3 is 2.59 bits per heavy atom. The highest BCUT2D eigenvalue weighted by molar-refractivity contribution is 6.09. The van der Waals surface area contributed by atoms with Crippen LogP contribution in [-0.4, -0.2) is 53.3 Å². The molecule has 1 aromatic carbocycles. The molecule has 0 radical (unpaired) electrons. The predicted octanol–water partition coefficient (Wildman–Crippen LogP) is 1.35. The molecule has 0 aromatic heterocycles. The van der Waals surface area contributed by atoms with Gasteiger partial charge in [0.1, 0.15) is 12.1 Å². The number of rotatable bonds is 4. The number of imide groups is 1. The van der Waals surface area contributed by atoms with Crippen molar-refractivity contribution in [3.8, 4) is 0 Å². The zero-order valence-corrected chi connectivity index (χ0v) is 16.2. The van der Waals surface area contributed by atoms with Gasteiger partial charge in [0.2, 0.25) is 5.91 Å². The van der Waals surface area contributed by atoms with Crippen molar-refractivity contribution in [2.45, 2.75) is 45.2 Å². The van der Waals surface area contributed by atoms with Gasteiger partial charge in [0.25, 0.3) is 5.91 Å². The van der Waals surface area contributed by atoms with Crippen molar-refractivity contribution < 1.29 is 14.4 Å². The summed E-state index contributed by atoms with van der Waals surface area (Å²) in [5.74, 6) is -0.113. The molecule has 1 aromatic rings. The molecule has 0 spiro atoms. The molecule has 7 nitrogen and oxygen atoms in total.